The minimum Gasteiger partial charge on any atom is -0.493 e. The number of rotatable bonds is 11. The van der Waals surface area contributed by atoms with Crippen LogP contribution < -0.4 is 30.3 Å². The minimum absolute atomic E-state index is 0.216. The first kappa shape index (κ1) is 28.5. The van der Waals surface area contributed by atoms with Crippen molar-refractivity contribution in [3.63, 3.8) is 0 Å². The third-order valence-corrected chi connectivity index (χ3v) is 5.40. The highest BCUT2D eigenvalue weighted by atomic mass is 16.5. The molecule has 3 rings (SSSR count). The highest BCUT2D eigenvalue weighted by Gasteiger charge is 2.13. The van der Waals surface area contributed by atoms with Gasteiger partial charge in [-0.25, -0.2) is 5.43 Å². The number of anilines is 2. The first-order valence-electron chi connectivity index (χ1n) is 11.9. The van der Waals surface area contributed by atoms with E-state index in [2.05, 4.69) is 27.7 Å². The molecule has 0 aromatic heterocycles. The molecule has 0 bridgehead atoms. The Balaban J connectivity index is 1.50. The molecular weight excluding hydrogens is 500 g/mol. The van der Waals surface area contributed by atoms with E-state index in [0.29, 0.717) is 40.8 Å². The number of hydrogen-bond donors (Lipinski definition) is 3. The van der Waals surface area contributed by atoms with E-state index in [4.69, 9.17) is 14.2 Å². The van der Waals surface area contributed by atoms with Crippen molar-refractivity contribution in [3.8, 4) is 17.2 Å². The third kappa shape index (κ3) is 8.74. The van der Waals surface area contributed by atoms with E-state index in [1.807, 2.05) is 32.0 Å². The number of methoxy groups -OCH3 is 1. The van der Waals surface area contributed by atoms with E-state index in [1.165, 1.54) is 13.3 Å². The predicted octanol–water partition coefficient (Wildman–Crippen LogP) is 3.98. The van der Waals surface area contributed by atoms with Gasteiger partial charge in [0.05, 0.1) is 13.3 Å². The molecule has 0 aliphatic rings. The fraction of sp³-hybridized carbons (Fsp3) is 0.172. The molecule has 0 atom stereocenters. The first-order valence-corrected chi connectivity index (χ1v) is 11.9. The molecule has 0 spiro atoms. The van der Waals surface area contributed by atoms with Gasteiger partial charge in [0.15, 0.2) is 18.1 Å². The molecule has 0 radical (unpaired) electrons. The zero-order chi connectivity index (χ0) is 28.2. The van der Waals surface area contributed by atoms with Crippen molar-refractivity contribution in [3.05, 3.63) is 90.0 Å². The average molecular weight is 531 g/mol. The molecule has 3 aromatic carbocycles. The summed E-state index contributed by atoms with van der Waals surface area (Å²) < 4.78 is 16.3. The van der Waals surface area contributed by atoms with Crippen LogP contribution in [-0.4, -0.2) is 44.3 Å². The lowest BCUT2D eigenvalue weighted by Crippen LogP contribution is -2.32. The minimum atomic E-state index is -0.945. The number of carbonyl (C=O) groups is 3. The number of nitrogens with zero attached hydrogens (tertiary/aromatic N) is 1. The molecule has 3 aromatic rings. The Bertz CT molecular complexity index is 1370. The van der Waals surface area contributed by atoms with Gasteiger partial charge in [0.1, 0.15) is 12.4 Å². The fourth-order valence-electron chi connectivity index (χ4n) is 3.24. The number of aryl methyl sites for hydroxylation is 2. The Morgan fingerprint density at radius 3 is 2.28 bits per heavy atom. The standard InChI is InChI=1S/C29H30N4O6/c1-5-14-38-24-11-9-22(10-12-24)32-28(35)29(36)33-30-17-21-7-13-25(26(16-21)37-4)39-18-27(34)31-23-8-6-19(2)20(3)15-23/h5-13,15-17H,1,14,18H2,2-4H3,(H,31,34)(H,32,35)(H,33,36)/b30-17-. The molecule has 0 fully saturated rings. The van der Waals surface area contributed by atoms with Crippen LogP contribution in [0.4, 0.5) is 11.4 Å². The van der Waals surface area contributed by atoms with Gasteiger partial charge < -0.3 is 24.8 Å². The fourth-order valence-corrected chi connectivity index (χ4v) is 3.24. The van der Waals surface area contributed by atoms with Crippen LogP contribution in [-0.2, 0) is 14.4 Å². The topological polar surface area (TPSA) is 127 Å². The lowest BCUT2D eigenvalue weighted by Gasteiger charge is -2.12. The summed E-state index contributed by atoms with van der Waals surface area (Å²) in [4.78, 5) is 36.5. The van der Waals surface area contributed by atoms with Crippen molar-refractivity contribution in [1.29, 1.82) is 0 Å². The van der Waals surface area contributed by atoms with Gasteiger partial charge in [0, 0.05) is 11.4 Å². The van der Waals surface area contributed by atoms with Gasteiger partial charge in [-0.3, -0.25) is 14.4 Å². The average Bonchev–Trinajstić information content (AvgIpc) is 2.93. The van der Waals surface area contributed by atoms with Crippen LogP contribution in [0.15, 0.2) is 78.4 Å². The lowest BCUT2D eigenvalue weighted by atomic mass is 10.1. The molecule has 0 saturated carbocycles. The Morgan fingerprint density at radius 2 is 1.59 bits per heavy atom. The van der Waals surface area contributed by atoms with E-state index < -0.39 is 11.8 Å². The van der Waals surface area contributed by atoms with Crippen molar-refractivity contribution in [2.75, 3.05) is 31.0 Å². The normalized spacial score (nSPS) is 10.4. The van der Waals surface area contributed by atoms with Crippen molar-refractivity contribution in [1.82, 2.24) is 5.43 Å². The van der Waals surface area contributed by atoms with Crippen molar-refractivity contribution in [2.24, 2.45) is 5.10 Å². The summed E-state index contributed by atoms with van der Waals surface area (Å²) in [5.74, 6) is -0.817. The summed E-state index contributed by atoms with van der Waals surface area (Å²) in [6.07, 6.45) is 2.96. The second-order valence-electron chi connectivity index (χ2n) is 8.32. The van der Waals surface area contributed by atoms with Gasteiger partial charge in [-0.2, -0.15) is 5.10 Å². The summed E-state index contributed by atoms with van der Waals surface area (Å²) >= 11 is 0. The van der Waals surface area contributed by atoms with E-state index in [1.54, 1.807) is 48.5 Å². The Hall–Kier alpha value is -5.12. The maximum atomic E-state index is 12.3. The van der Waals surface area contributed by atoms with E-state index in [0.717, 1.165) is 11.1 Å². The number of hydrogen-bond acceptors (Lipinski definition) is 7. The van der Waals surface area contributed by atoms with Gasteiger partial charge in [0.25, 0.3) is 5.91 Å². The number of carbonyl (C=O) groups excluding carboxylic acids is 3. The SMILES string of the molecule is C=CCOc1ccc(NC(=O)C(=O)N/N=C\c2ccc(OCC(=O)Nc3ccc(C)c(C)c3)c(OC)c2)cc1. The number of hydrazone groups is 1. The van der Waals surface area contributed by atoms with Crippen LogP contribution in [0.25, 0.3) is 0 Å². The molecule has 0 heterocycles. The molecule has 0 aliphatic carbocycles. The quantitative estimate of drug-likeness (QED) is 0.149. The second kappa shape index (κ2) is 14.0. The van der Waals surface area contributed by atoms with Gasteiger partial charge in [-0.15, -0.1) is 0 Å². The van der Waals surface area contributed by atoms with Crippen molar-refractivity contribution >= 4 is 35.3 Å². The highest BCUT2D eigenvalue weighted by molar-refractivity contribution is 6.39. The van der Waals surface area contributed by atoms with E-state index in [9.17, 15) is 14.4 Å². The highest BCUT2D eigenvalue weighted by Crippen LogP contribution is 2.27. The summed E-state index contributed by atoms with van der Waals surface area (Å²) in [6, 6.07) is 17.1. The summed E-state index contributed by atoms with van der Waals surface area (Å²) in [7, 11) is 1.46. The van der Waals surface area contributed by atoms with Crippen LogP contribution in [0, 0.1) is 13.8 Å². The van der Waals surface area contributed by atoms with Crippen LogP contribution in [0.2, 0.25) is 0 Å². The molecule has 0 aliphatic heterocycles. The Labute approximate surface area is 226 Å². The third-order valence-electron chi connectivity index (χ3n) is 5.40. The molecule has 0 unspecified atom stereocenters. The monoisotopic (exact) mass is 530 g/mol. The van der Waals surface area contributed by atoms with E-state index in [-0.39, 0.29) is 12.5 Å². The molecular formula is C29H30N4O6. The number of nitrogens with one attached hydrogen (secondary N) is 3. The molecule has 10 nitrogen and oxygen atoms in total. The van der Waals surface area contributed by atoms with Crippen LogP contribution in [0.5, 0.6) is 17.2 Å². The van der Waals surface area contributed by atoms with Gasteiger partial charge >= 0.3 is 11.8 Å². The second-order valence-corrected chi connectivity index (χ2v) is 8.32. The Kier molecular flexibility index (Phi) is 10.2. The molecule has 39 heavy (non-hydrogen) atoms. The van der Waals surface area contributed by atoms with Crippen LogP contribution >= 0.6 is 0 Å². The van der Waals surface area contributed by atoms with Gasteiger partial charge in [-0.1, -0.05) is 18.7 Å². The van der Waals surface area contributed by atoms with Crippen molar-refractivity contribution < 1.29 is 28.6 Å². The summed E-state index contributed by atoms with van der Waals surface area (Å²) in [6.45, 7) is 7.69. The van der Waals surface area contributed by atoms with Gasteiger partial charge in [-0.05, 0) is 85.1 Å². The number of amides is 3. The summed E-state index contributed by atoms with van der Waals surface area (Å²) in [5.41, 5.74) is 6.06. The van der Waals surface area contributed by atoms with Crippen LogP contribution in [0.3, 0.4) is 0 Å². The largest absolute Gasteiger partial charge is 0.493 e. The number of ether oxygens (including phenoxy) is 3. The molecule has 0 saturated heterocycles. The molecule has 10 heteroatoms. The summed E-state index contributed by atoms with van der Waals surface area (Å²) in [5, 5.41) is 9.08. The first-order chi connectivity index (χ1) is 18.8. The zero-order valence-corrected chi connectivity index (χ0v) is 21.9. The number of benzene rings is 3. The van der Waals surface area contributed by atoms with Gasteiger partial charge in [0.2, 0.25) is 0 Å². The van der Waals surface area contributed by atoms with Crippen LogP contribution in [0.1, 0.15) is 16.7 Å². The molecule has 202 valence electrons. The molecule has 3 amide bonds. The maximum absolute atomic E-state index is 12.3. The predicted molar refractivity (Wildman–Crippen MR) is 150 cm³/mol. The van der Waals surface area contributed by atoms with E-state index >= 15 is 0 Å². The molecule has 3 N–H and O–H groups in total. The Morgan fingerprint density at radius 1 is 0.846 bits per heavy atom. The maximum Gasteiger partial charge on any atom is 0.329 e. The zero-order valence-electron chi connectivity index (χ0n) is 21.9. The lowest BCUT2D eigenvalue weighted by molar-refractivity contribution is -0.136. The smallest absolute Gasteiger partial charge is 0.329 e. The van der Waals surface area contributed by atoms with Crippen molar-refractivity contribution in [2.45, 2.75) is 13.8 Å².